The van der Waals surface area contributed by atoms with Crippen LogP contribution in [0.4, 0.5) is 0 Å². The SMILES string of the molecule is COC(=O)C(CC1CC1)c1cc(CC=O)c(C)cn1. The summed E-state index contributed by atoms with van der Waals surface area (Å²) in [4.78, 5) is 26.9. The average molecular weight is 261 g/mol. The first-order valence-electron chi connectivity index (χ1n) is 6.62. The predicted octanol–water partition coefficient (Wildman–Crippen LogP) is 2.19. The number of nitrogens with zero attached hydrogens (tertiary/aromatic N) is 1. The minimum absolute atomic E-state index is 0.236. The molecule has 1 fully saturated rings. The molecule has 1 aliphatic carbocycles. The quantitative estimate of drug-likeness (QED) is 0.582. The first kappa shape index (κ1) is 13.7. The zero-order valence-electron chi connectivity index (χ0n) is 11.4. The third-order valence-electron chi connectivity index (χ3n) is 3.65. The molecule has 0 bridgehead atoms. The van der Waals surface area contributed by atoms with Gasteiger partial charge in [0.1, 0.15) is 6.29 Å². The van der Waals surface area contributed by atoms with Crippen molar-refractivity contribution >= 4 is 12.3 Å². The molecule has 0 amide bonds. The Labute approximate surface area is 113 Å². The van der Waals surface area contributed by atoms with E-state index in [9.17, 15) is 9.59 Å². The van der Waals surface area contributed by atoms with Gasteiger partial charge in [0.15, 0.2) is 0 Å². The highest BCUT2D eigenvalue weighted by molar-refractivity contribution is 5.77. The standard InChI is InChI=1S/C15H19NO3/c1-10-9-16-14(8-12(10)5-6-17)13(15(18)19-2)7-11-3-4-11/h6,8-9,11,13H,3-5,7H2,1-2H3. The van der Waals surface area contributed by atoms with Gasteiger partial charge < -0.3 is 9.53 Å². The Bertz CT molecular complexity index is 480. The number of hydrogen-bond donors (Lipinski definition) is 0. The molecule has 4 nitrogen and oxygen atoms in total. The van der Waals surface area contributed by atoms with Crippen molar-refractivity contribution in [2.45, 2.75) is 38.5 Å². The van der Waals surface area contributed by atoms with E-state index in [4.69, 9.17) is 4.74 Å². The molecule has 1 aromatic heterocycles. The van der Waals surface area contributed by atoms with Crippen LogP contribution in [0.2, 0.25) is 0 Å². The van der Waals surface area contributed by atoms with Crippen molar-refractivity contribution < 1.29 is 14.3 Å². The van der Waals surface area contributed by atoms with Crippen LogP contribution in [0.5, 0.6) is 0 Å². The lowest BCUT2D eigenvalue weighted by molar-refractivity contribution is -0.142. The minimum Gasteiger partial charge on any atom is -0.469 e. The number of hydrogen-bond acceptors (Lipinski definition) is 4. The maximum Gasteiger partial charge on any atom is 0.314 e. The summed E-state index contributed by atoms with van der Waals surface area (Å²) in [6.07, 6.45) is 6.13. The number of aromatic nitrogens is 1. The smallest absolute Gasteiger partial charge is 0.314 e. The molecule has 1 heterocycles. The Morgan fingerprint density at radius 3 is 2.89 bits per heavy atom. The van der Waals surface area contributed by atoms with E-state index < -0.39 is 0 Å². The van der Waals surface area contributed by atoms with Crippen LogP contribution in [-0.4, -0.2) is 24.3 Å². The van der Waals surface area contributed by atoms with Gasteiger partial charge in [-0.25, -0.2) is 0 Å². The Hall–Kier alpha value is -1.71. The zero-order chi connectivity index (χ0) is 13.8. The molecule has 0 N–H and O–H groups in total. The number of rotatable bonds is 6. The van der Waals surface area contributed by atoms with Crippen molar-refractivity contribution in [1.29, 1.82) is 0 Å². The highest BCUT2D eigenvalue weighted by Crippen LogP contribution is 2.38. The average Bonchev–Trinajstić information content (AvgIpc) is 3.22. The third-order valence-corrected chi connectivity index (χ3v) is 3.65. The molecule has 2 rings (SSSR count). The second kappa shape index (κ2) is 5.95. The van der Waals surface area contributed by atoms with E-state index in [2.05, 4.69) is 4.98 Å². The minimum atomic E-state index is -0.302. The van der Waals surface area contributed by atoms with E-state index in [1.165, 1.54) is 20.0 Å². The topological polar surface area (TPSA) is 56.3 Å². The molecule has 0 aliphatic heterocycles. The molecule has 102 valence electrons. The number of carbonyl (C=O) groups is 2. The zero-order valence-corrected chi connectivity index (χ0v) is 11.4. The van der Waals surface area contributed by atoms with E-state index in [1.54, 1.807) is 6.20 Å². The largest absolute Gasteiger partial charge is 0.469 e. The molecule has 19 heavy (non-hydrogen) atoms. The summed E-state index contributed by atoms with van der Waals surface area (Å²) in [5.74, 6) is 0.0746. The van der Waals surface area contributed by atoms with Crippen LogP contribution >= 0.6 is 0 Å². The van der Waals surface area contributed by atoms with Crippen molar-refractivity contribution in [3.05, 3.63) is 29.1 Å². The highest BCUT2D eigenvalue weighted by atomic mass is 16.5. The molecule has 1 aliphatic rings. The van der Waals surface area contributed by atoms with Crippen LogP contribution in [-0.2, 0) is 20.7 Å². The fraction of sp³-hybridized carbons (Fsp3) is 0.533. The van der Waals surface area contributed by atoms with Gasteiger partial charge in [0.25, 0.3) is 0 Å². The van der Waals surface area contributed by atoms with Crippen LogP contribution in [0, 0.1) is 12.8 Å². The lowest BCUT2D eigenvalue weighted by Crippen LogP contribution is -2.17. The number of ether oxygens (including phenoxy) is 1. The number of esters is 1. The van der Waals surface area contributed by atoms with Crippen molar-refractivity contribution in [2.75, 3.05) is 7.11 Å². The molecule has 1 aromatic rings. The first-order chi connectivity index (χ1) is 9.15. The second-order valence-corrected chi connectivity index (χ2v) is 5.16. The molecule has 1 atom stereocenters. The van der Waals surface area contributed by atoms with E-state index in [0.29, 0.717) is 12.3 Å². The van der Waals surface area contributed by atoms with Crippen molar-refractivity contribution in [1.82, 2.24) is 4.98 Å². The van der Waals surface area contributed by atoms with Gasteiger partial charge in [0, 0.05) is 12.6 Å². The van der Waals surface area contributed by atoms with Gasteiger partial charge in [0.2, 0.25) is 0 Å². The maximum absolute atomic E-state index is 11.9. The van der Waals surface area contributed by atoms with Crippen LogP contribution in [0.25, 0.3) is 0 Å². The van der Waals surface area contributed by atoms with Gasteiger partial charge in [-0.15, -0.1) is 0 Å². The molecule has 0 radical (unpaired) electrons. The lowest BCUT2D eigenvalue weighted by Gasteiger charge is -2.15. The van der Waals surface area contributed by atoms with E-state index in [-0.39, 0.29) is 11.9 Å². The molecule has 0 aromatic carbocycles. The number of aryl methyl sites for hydroxylation is 1. The summed E-state index contributed by atoms with van der Waals surface area (Å²) in [7, 11) is 1.41. The summed E-state index contributed by atoms with van der Waals surface area (Å²) in [5, 5.41) is 0. The van der Waals surface area contributed by atoms with Gasteiger partial charge in [-0.3, -0.25) is 9.78 Å². The van der Waals surface area contributed by atoms with Crippen LogP contribution < -0.4 is 0 Å². The second-order valence-electron chi connectivity index (χ2n) is 5.16. The normalized spacial score (nSPS) is 15.9. The van der Waals surface area contributed by atoms with Gasteiger partial charge in [0.05, 0.1) is 18.7 Å². The van der Waals surface area contributed by atoms with E-state index in [0.717, 1.165) is 29.5 Å². The number of aldehydes is 1. The molecule has 1 saturated carbocycles. The fourth-order valence-corrected chi connectivity index (χ4v) is 2.25. The van der Waals surface area contributed by atoms with Crippen molar-refractivity contribution in [3.63, 3.8) is 0 Å². The molecule has 4 heteroatoms. The maximum atomic E-state index is 11.9. The molecule has 1 unspecified atom stereocenters. The Kier molecular flexibility index (Phi) is 4.30. The Balaban J connectivity index is 2.26. The molecule has 0 spiro atoms. The lowest BCUT2D eigenvalue weighted by atomic mass is 9.95. The van der Waals surface area contributed by atoms with Gasteiger partial charge in [-0.05, 0) is 36.5 Å². The van der Waals surface area contributed by atoms with Crippen LogP contribution in [0.15, 0.2) is 12.3 Å². The van der Waals surface area contributed by atoms with E-state index >= 15 is 0 Å². The fourth-order valence-electron chi connectivity index (χ4n) is 2.25. The molecular formula is C15H19NO3. The monoisotopic (exact) mass is 261 g/mol. The number of pyridine rings is 1. The van der Waals surface area contributed by atoms with Crippen molar-refractivity contribution in [2.24, 2.45) is 5.92 Å². The summed E-state index contributed by atoms with van der Waals surface area (Å²) in [5.41, 5.74) is 2.64. The Morgan fingerprint density at radius 2 is 2.32 bits per heavy atom. The number of methoxy groups -OCH3 is 1. The third kappa shape index (κ3) is 3.40. The van der Waals surface area contributed by atoms with Gasteiger partial charge in [-0.2, -0.15) is 0 Å². The van der Waals surface area contributed by atoms with Crippen LogP contribution in [0.1, 0.15) is 42.0 Å². The molecular weight excluding hydrogens is 242 g/mol. The van der Waals surface area contributed by atoms with Crippen LogP contribution in [0.3, 0.4) is 0 Å². The van der Waals surface area contributed by atoms with Gasteiger partial charge in [-0.1, -0.05) is 12.8 Å². The van der Waals surface area contributed by atoms with Crippen molar-refractivity contribution in [3.8, 4) is 0 Å². The Morgan fingerprint density at radius 1 is 1.58 bits per heavy atom. The highest BCUT2D eigenvalue weighted by Gasteiger charge is 2.32. The summed E-state index contributed by atoms with van der Waals surface area (Å²) in [6.45, 7) is 1.92. The predicted molar refractivity (Wildman–Crippen MR) is 70.8 cm³/mol. The van der Waals surface area contributed by atoms with E-state index in [1.807, 2.05) is 13.0 Å². The number of carbonyl (C=O) groups excluding carboxylic acids is 2. The summed E-state index contributed by atoms with van der Waals surface area (Å²) < 4.78 is 4.88. The summed E-state index contributed by atoms with van der Waals surface area (Å²) in [6, 6.07) is 1.87. The van der Waals surface area contributed by atoms with Gasteiger partial charge >= 0.3 is 5.97 Å². The first-order valence-corrected chi connectivity index (χ1v) is 6.62. The summed E-state index contributed by atoms with van der Waals surface area (Å²) >= 11 is 0. The molecule has 0 saturated heterocycles.